The molecule has 20 heavy (non-hydrogen) atoms. The molecule has 0 aliphatic heterocycles. The van der Waals surface area contributed by atoms with Crippen molar-refractivity contribution in [2.75, 3.05) is 0 Å². The molecule has 0 saturated heterocycles. The number of rotatable bonds is 8. The van der Waals surface area contributed by atoms with Gasteiger partial charge in [-0.1, -0.05) is 0 Å². The van der Waals surface area contributed by atoms with Crippen LogP contribution in [0.2, 0.25) is 0 Å². The Morgan fingerprint density at radius 2 is 1.75 bits per heavy atom. The molecule has 0 aromatic heterocycles. The Kier molecular flexibility index (Phi) is 7.45. The first kappa shape index (κ1) is 18.0. The molecule has 0 saturated carbocycles. The van der Waals surface area contributed by atoms with Crippen molar-refractivity contribution in [3.8, 4) is 0 Å². The third-order valence-corrected chi connectivity index (χ3v) is 2.49. The molecule has 0 heterocycles. The molecule has 0 aromatic rings. The molecule has 0 bridgehead atoms. The summed E-state index contributed by atoms with van der Waals surface area (Å²) >= 11 is 0. The van der Waals surface area contributed by atoms with Crippen molar-refractivity contribution in [2.45, 2.75) is 51.9 Å². The average Bonchev–Trinajstić information content (AvgIpc) is 2.33. The number of hydrogen-bond donors (Lipinski definition) is 3. The third-order valence-electron chi connectivity index (χ3n) is 2.49. The number of ketones is 1. The lowest BCUT2D eigenvalue weighted by Crippen LogP contribution is -2.46. The zero-order chi connectivity index (χ0) is 15.9. The number of ether oxygens (including phenoxy) is 1. The zero-order valence-electron chi connectivity index (χ0n) is 11.6. The average molecular weight is 289 g/mol. The van der Waals surface area contributed by atoms with Crippen LogP contribution in [0.1, 0.15) is 33.6 Å². The summed E-state index contributed by atoms with van der Waals surface area (Å²) in [5.74, 6) is -3.26. The second kappa shape index (κ2) is 8.26. The zero-order valence-corrected chi connectivity index (χ0v) is 11.6. The Balaban J connectivity index is 4.73. The molecule has 8 heteroatoms. The Morgan fingerprint density at radius 3 is 2.15 bits per heavy atom. The highest BCUT2D eigenvalue weighted by molar-refractivity contribution is 5.88. The standard InChI is InChI=1S/C12H19NO7/c1-6(14)8(3)20-12(19)9(4-5-10(16)17)13-11(18)7(2)15/h7-9,15H,4-5H2,1-3H3,(H,13,18)(H,16,17)/t7-,8-,9-/m0/s1. The minimum Gasteiger partial charge on any atom is -0.481 e. The molecule has 0 aromatic carbocycles. The van der Waals surface area contributed by atoms with Gasteiger partial charge in [0.15, 0.2) is 11.9 Å². The molecule has 3 N–H and O–H groups in total. The summed E-state index contributed by atoms with van der Waals surface area (Å²) in [6.07, 6.45) is -2.90. The predicted octanol–water partition coefficient (Wildman–Crippen LogP) is -0.762. The number of carboxylic acid groups (broad SMARTS) is 1. The lowest BCUT2D eigenvalue weighted by molar-refractivity contribution is -0.157. The summed E-state index contributed by atoms with van der Waals surface area (Å²) < 4.78 is 4.81. The first-order valence-electron chi connectivity index (χ1n) is 6.06. The number of esters is 1. The van der Waals surface area contributed by atoms with E-state index in [9.17, 15) is 19.2 Å². The number of hydrogen-bond acceptors (Lipinski definition) is 6. The lowest BCUT2D eigenvalue weighted by atomic mass is 10.1. The van der Waals surface area contributed by atoms with E-state index < -0.39 is 36.1 Å². The normalized spacial score (nSPS) is 14.8. The Bertz CT molecular complexity index is 391. The summed E-state index contributed by atoms with van der Waals surface area (Å²) in [7, 11) is 0. The number of amides is 1. The Labute approximate surface area is 116 Å². The van der Waals surface area contributed by atoms with Gasteiger partial charge in [0.05, 0.1) is 0 Å². The van der Waals surface area contributed by atoms with Gasteiger partial charge in [-0.25, -0.2) is 4.79 Å². The van der Waals surface area contributed by atoms with E-state index >= 15 is 0 Å². The van der Waals surface area contributed by atoms with Crippen LogP contribution in [-0.2, 0) is 23.9 Å². The summed E-state index contributed by atoms with van der Waals surface area (Å²) in [5, 5.41) is 19.8. The number of aliphatic carboxylic acids is 1. The first-order chi connectivity index (χ1) is 9.15. The number of aliphatic hydroxyl groups excluding tert-OH is 1. The van der Waals surface area contributed by atoms with Gasteiger partial charge in [0, 0.05) is 6.42 Å². The third kappa shape index (κ3) is 6.83. The smallest absolute Gasteiger partial charge is 0.329 e. The molecule has 0 radical (unpaired) electrons. The molecular weight excluding hydrogens is 270 g/mol. The van der Waals surface area contributed by atoms with Crippen LogP contribution in [0.25, 0.3) is 0 Å². The second-order valence-electron chi connectivity index (χ2n) is 4.36. The van der Waals surface area contributed by atoms with Crippen LogP contribution in [0.4, 0.5) is 0 Å². The SMILES string of the molecule is CC(=O)[C@H](C)OC(=O)[C@H](CCC(=O)O)NC(=O)[C@H](C)O. The summed E-state index contributed by atoms with van der Waals surface area (Å²) in [5.41, 5.74) is 0. The van der Waals surface area contributed by atoms with Gasteiger partial charge in [0.2, 0.25) is 5.91 Å². The van der Waals surface area contributed by atoms with Crippen molar-refractivity contribution in [1.82, 2.24) is 5.32 Å². The van der Waals surface area contributed by atoms with Gasteiger partial charge in [-0.05, 0) is 27.2 Å². The van der Waals surface area contributed by atoms with Gasteiger partial charge in [-0.2, -0.15) is 0 Å². The molecule has 114 valence electrons. The largest absolute Gasteiger partial charge is 0.481 e. The Hall–Kier alpha value is -1.96. The molecular formula is C12H19NO7. The highest BCUT2D eigenvalue weighted by atomic mass is 16.5. The maximum Gasteiger partial charge on any atom is 0.329 e. The summed E-state index contributed by atoms with van der Waals surface area (Å²) in [6.45, 7) is 3.80. The topological polar surface area (TPSA) is 130 Å². The van der Waals surface area contributed by atoms with Crippen molar-refractivity contribution in [2.24, 2.45) is 0 Å². The quantitative estimate of drug-likeness (QED) is 0.500. The first-order valence-corrected chi connectivity index (χ1v) is 6.06. The van der Waals surface area contributed by atoms with E-state index in [2.05, 4.69) is 5.32 Å². The highest BCUT2D eigenvalue weighted by Gasteiger charge is 2.26. The van der Waals surface area contributed by atoms with E-state index in [-0.39, 0.29) is 18.6 Å². The fourth-order valence-electron chi connectivity index (χ4n) is 1.15. The van der Waals surface area contributed by atoms with Gasteiger partial charge >= 0.3 is 11.9 Å². The van der Waals surface area contributed by atoms with Crippen molar-refractivity contribution in [3.63, 3.8) is 0 Å². The molecule has 0 rings (SSSR count). The highest BCUT2D eigenvalue weighted by Crippen LogP contribution is 2.04. The molecule has 0 unspecified atom stereocenters. The van der Waals surface area contributed by atoms with E-state index in [1.807, 2.05) is 0 Å². The minimum absolute atomic E-state index is 0.197. The lowest BCUT2D eigenvalue weighted by Gasteiger charge is -2.19. The summed E-state index contributed by atoms with van der Waals surface area (Å²) in [6, 6.07) is -1.23. The minimum atomic E-state index is -1.35. The molecule has 0 fully saturated rings. The van der Waals surface area contributed by atoms with Gasteiger partial charge in [-0.3, -0.25) is 14.4 Å². The summed E-state index contributed by atoms with van der Waals surface area (Å²) in [4.78, 5) is 44.6. The van der Waals surface area contributed by atoms with Crippen LogP contribution >= 0.6 is 0 Å². The van der Waals surface area contributed by atoms with Crippen LogP contribution in [0, 0.1) is 0 Å². The molecule has 3 atom stereocenters. The molecule has 0 spiro atoms. The van der Waals surface area contributed by atoms with Gasteiger partial charge in [-0.15, -0.1) is 0 Å². The maximum absolute atomic E-state index is 11.8. The maximum atomic E-state index is 11.8. The van der Waals surface area contributed by atoms with E-state index in [1.165, 1.54) is 20.8 Å². The van der Waals surface area contributed by atoms with Crippen LogP contribution in [-0.4, -0.2) is 52.1 Å². The van der Waals surface area contributed by atoms with Crippen molar-refractivity contribution in [1.29, 1.82) is 0 Å². The van der Waals surface area contributed by atoms with E-state index in [4.69, 9.17) is 14.9 Å². The molecule has 0 aliphatic carbocycles. The second-order valence-corrected chi connectivity index (χ2v) is 4.36. The van der Waals surface area contributed by atoms with E-state index in [0.29, 0.717) is 0 Å². The fraction of sp³-hybridized carbons (Fsp3) is 0.667. The van der Waals surface area contributed by atoms with Crippen molar-refractivity contribution in [3.05, 3.63) is 0 Å². The van der Waals surface area contributed by atoms with Crippen LogP contribution < -0.4 is 5.32 Å². The number of carbonyl (C=O) groups excluding carboxylic acids is 3. The van der Waals surface area contributed by atoms with Crippen LogP contribution in [0.15, 0.2) is 0 Å². The van der Waals surface area contributed by atoms with E-state index in [1.54, 1.807) is 0 Å². The van der Waals surface area contributed by atoms with Gasteiger partial charge < -0.3 is 20.3 Å². The molecule has 0 aliphatic rings. The number of aliphatic hydroxyl groups is 1. The number of carbonyl (C=O) groups is 4. The van der Waals surface area contributed by atoms with Crippen LogP contribution in [0.5, 0.6) is 0 Å². The van der Waals surface area contributed by atoms with E-state index in [0.717, 1.165) is 0 Å². The monoisotopic (exact) mass is 289 g/mol. The Morgan fingerprint density at radius 1 is 1.20 bits per heavy atom. The van der Waals surface area contributed by atoms with Gasteiger partial charge in [0.25, 0.3) is 0 Å². The number of carboxylic acids is 1. The molecule has 1 amide bonds. The predicted molar refractivity (Wildman–Crippen MR) is 66.7 cm³/mol. The molecule has 8 nitrogen and oxygen atoms in total. The van der Waals surface area contributed by atoms with Crippen molar-refractivity contribution >= 4 is 23.6 Å². The van der Waals surface area contributed by atoms with Gasteiger partial charge in [0.1, 0.15) is 12.1 Å². The number of nitrogens with one attached hydrogen (secondary N) is 1. The fourth-order valence-corrected chi connectivity index (χ4v) is 1.15. The number of Topliss-reactive ketones (excluding diaryl/α,β-unsaturated/α-hetero) is 1. The van der Waals surface area contributed by atoms with Crippen molar-refractivity contribution < 1.29 is 34.1 Å². The van der Waals surface area contributed by atoms with Crippen LogP contribution in [0.3, 0.4) is 0 Å².